The number of aromatic nitrogens is 2. The fraction of sp³-hybridized carbons (Fsp3) is 0.176. The summed E-state index contributed by atoms with van der Waals surface area (Å²) in [6, 6.07) is 13.5. The lowest BCUT2D eigenvalue weighted by atomic mass is 10.2. The number of benzene rings is 2. The molecule has 0 spiro atoms. The Kier molecular flexibility index (Phi) is 4.88. The summed E-state index contributed by atoms with van der Waals surface area (Å²) in [4.78, 5) is 19.6. The number of amides is 1. The Morgan fingerprint density at radius 1 is 1.30 bits per heavy atom. The zero-order chi connectivity index (χ0) is 16.2. The van der Waals surface area contributed by atoms with E-state index in [2.05, 4.69) is 15.3 Å². The molecule has 2 N–H and O–H groups in total. The fourth-order valence-corrected chi connectivity index (χ4v) is 3.11. The average molecular weight is 346 g/mol. The minimum Gasteiger partial charge on any atom is -0.351 e. The van der Waals surface area contributed by atoms with Crippen LogP contribution in [0.15, 0.2) is 47.6 Å². The molecule has 3 rings (SSSR count). The summed E-state index contributed by atoms with van der Waals surface area (Å²) in [5.74, 6) is 0.259. The summed E-state index contributed by atoms with van der Waals surface area (Å²) >= 11 is 7.45. The number of fused-ring (bicyclic) bond motifs is 1. The van der Waals surface area contributed by atoms with Crippen molar-refractivity contribution in [2.45, 2.75) is 18.6 Å². The number of nitrogens with zero attached hydrogens (tertiary/aromatic N) is 1. The molecule has 3 aromatic rings. The van der Waals surface area contributed by atoms with Crippen molar-refractivity contribution in [1.29, 1.82) is 0 Å². The third kappa shape index (κ3) is 4.06. The number of carbonyl (C=O) groups is 1. The van der Waals surface area contributed by atoms with Crippen molar-refractivity contribution in [2.24, 2.45) is 0 Å². The predicted molar refractivity (Wildman–Crippen MR) is 94.9 cm³/mol. The van der Waals surface area contributed by atoms with Crippen molar-refractivity contribution in [3.05, 3.63) is 58.6 Å². The van der Waals surface area contributed by atoms with E-state index >= 15 is 0 Å². The van der Waals surface area contributed by atoms with Gasteiger partial charge in [0.25, 0.3) is 0 Å². The Morgan fingerprint density at radius 2 is 2.13 bits per heavy atom. The van der Waals surface area contributed by atoms with Gasteiger partial charge in [-0.05, 0) is 36.2 Å². The normalized spacial score (nSPS) is 10.9. The van der Waals surface area contributed by atoms with Crippen LogP contribution in [0.1, 0.15) is 11.1 Å². The number of nitrogens with one attached hydrogen (secondary N) is 2. The van der Waals surface area contributed by atoms with Crippen LogP contribution in [0.2, 0.25) is 5.02 Å². The second-order valence-corrected chi connectivity index (χ2v) is 6.59. The van der Waals surface area contributed by atoms with E-state index in [4.69, 9.17) is 11.6 Å². The number of aryl methyl sites for hydroxylation is 1. The molecule has 0 aliphatic rings. The van der Waals surface area contributed by atoms with E-state index in [0.29, 0.717) is 17.3 Å². The van der Waals surface area contributed by atoms with Crippen LogP contribution in [0.3, 0.4) is 0 Å². The van der Waals surface area contributed by atoms with E-state index in [-0.39, 0.29) is 5.91 Å². The standard InChI is InChI=1S/C17H16ClN3OS/c1-11-6-7-14-15(8-11)21-17(20-14)23-10-16(22)19-9-12-4-2-3-5-13(12)18/h2-8H,9-10H2,1H3,(H,19,22)(H,20,21). The van der Waals surface area contributed by atoms with Gasteiger partial charge >= 0.3 is 0 Å². The lowest BCUT2D eigenvalue weighted by Crippen LogP contribution is -2.24. The first-order valence-electron chi connectivity index (χ1n) is 7.21. The van der Waals surface area contributed by atoms with Crippen molar-refractivity contribution in [2.75, 3.05) is 5.75 Å². The average Bonchev–Trinajstić information content (AvgIpc) is 2.94. The lowest BCUT2D eigenvalue weighted by Gasteiger charge is -2.06. The van der Waals surface area contributed by atoms with Crippen LogP contribution in [0, 0.1) is 6.92 Å². The van der Waals surface area contributed by atoms with Gasteiger partial charge in [-0.25, -0.2) is 4.98 Å². The van der Waals surface area contributed by atoms with Crippen LogP contribution >= 0.6 is 23.4 Å². The number of thioether (sulfide) groups is 1. The molecule has 0 saturated heterocycles. The summed E-state index contributed by atoms with van der Waals surface area (Å²) in [6.45, 7) is 2.47. The number of aromatic amines is 1. The van der Waals surface area contributed by atoms with E-state index in [9.17, 15) is 4.79 Å². The van der Waals surface area contributed by atoms with Gasteiger partial charge in [-0.1, -0.05) is 47.6 Å². The molecule has 0 saturated carbocycles. The molecule has 1 amide bonds. The highest BCUT2D eigenvalue weighted by Gasteiger charge is 2.08. The van der Waals surface area contributed by atoms with Crippen molar-refractivity contribution >= 4 is 40.3 Å². The molecule has 6 heteroatoms. The van der Waals surface area contributed by atoms with Crippen LogP contribution < -0.4 is 5.32 Å². The Labute approximate surface area is 143 Å². The van der Waals surface area contributed by atoms with Gasteiger partial charge < -0.3 is 10.3 Å². The van der Waals surface area contributed by atoms with Crippen LogP contribution in [-0.2, 0) is 11.3 Å². The number of hydrogen-bond acceptors (Lipinski definition) is 3. The second-order valence-electron chi connectivity index (χ2n) is 5.22. The minimum atomic E-state index is -0.0495. The first-order valence-corrected chi connectivity index (χ1v) is 8.57. The fourth-order valence-electron chi connectivity index (χ4n) is 2.19. The number of halogens is 1. The zero-order valence-electron chi connectivity index (χ0n) is 12.6. The molecule has 0 atom stereocenters. The summed E-state index contributed by atoms with van der Waals surface area (Å²) in [5.41, 5.74) is 3.99. The lowest BCUT2D eigenvalue weighted by molar-refractivity contribution is -0.118. The number of imidazole rings is 1. The molecule has 23 heavy (non-hydrogen) atoms. The van der Waals surface area contributed by atoms with Gasteiger partial charge in [0, 0.05) is 11.6 Å². The molecule has 118 valence electrons. The first kappa shape index (κ1) is 15.9. The van der Waals surface area contributed by atoms with Gasteiger partial charge in [0.15, 0.2) is 5.16 Å². The number of hydrogen-bond donors (Lipinski definition) is 2. The van der Waals surface area contributed by atoms with Crippen molar-refractivity contribution in [3.63, 3.8) is 0 Å². The van der Waals surface area contributed by atoms with Gasteiger partial charge in [0.05, 0.1) is 16.8 Å². The van der Waals surface area contributed by atoms with Crippen LogP contribution in [0.25, 0.3) is 11.0 Å². The van der Waals surface area contributed by atoms with Crippen molar-refractivity contribution < 1.29 is 4.79 Å². The molecule has 1 heterocycles. The van der Waals surface area contributed by atoms with E-state index in [1.54, 1.807) is 0 Å². The molecular formula is C17H16ClN3OS. The smallest absolute Gasteiger partial charge is 0.230 e. The van der Waals surface area contributed by atoms with Crippen LogP contribution in [-0.4, -0.2) is 21.6 Å². The highest BCUT2D eigenvalue weighted by Crippen LogP contribution is 2.20. The third-order valence-electron chi connectivity index (χ3n) is 3.39. The molecule has 0 radical (unpaired) electrons. The molecule has 2 aromatic carbocycles. The van der Waals surface area contributed by atoms with E-state index in [1.807, 2.05) is 49.4 Å². The molecule has 4 nitrogen and oxygen atoms in total. The van der Waals surface area contributed by atoms with Crippen LogP contribution in [0.4, 0.5) is 0 Å². The Hall–Kier alpha value is -1.98. The highest BCUT2D eigenvalue weighted by molar-refractivity contribution is 7.99. The Bertz CT molecular complexity index is 847. The minimum absolute atomic E-state index is 0.0495. The molecular weight excluding hydrogens is 330 g/mol. The molecule has 0 aliphatic carbocycles. The van der Waals surface area contributed by atoms with E-state index in [1.165, 1.54) is 17.3 Å². The monoisotopic (exact) mass is 345 g/mol. The van der Waals surface area contributed by atoms with Gasteiger partial charge in [0.2, 0.25) is 5.91 Å². The van der Waals surface area contributed by atoms with Gasteiger partial charge in [-0.15, -0.1) is 0 Å². The summed E-state index contributed by atoms with van der Waals surface area (Å²) in [5, 5.41) is 4.28. The van der Waals surface area contributed by atoms with Gasteiger partial charge in [0.1, 0.15) is 0 Å². The molecule has 0 bridgehead atoms. The Morgan fingerprint density at radius 3 is 2.96 bits per heavy atom. The number of carbonyl (C=O) groups excluding carboxylic acids is 1. The Balaban J connectivity index is 1.54. The van der Waals surface area contributed by atoms with E-state index in [0.717, 1.165) is 21.8 Å². The topological polar surface area (TPSA) is 57.8 Å². The quantitative estimate of drug-likeness (QED) is 0.689. The second kappa shape index (κ2) is 7.06. The first-order chi connectivity index (χ1) is 11.1. The van der Waals surface area contributed by atoms with Gasteiger partial charge in [-0.3, -0.25) is 4.79 Å². The zero-order valence-corrected chi connectivity index (χ0v) is 14.2. The molecule has 0 fully saturated rings. The largest absolute Gasteiger partial charge is 0.351 e. The molecule has 1 aromatic heterocycles. The third-order valence-corrected chi connectivity index (χ3v) is 4.63. The van der Waals surface area contributed by atoms with Crippen LogP contribution in [0.5, 0.6) is 0 Å². The maximum Gasteiger partial charge on any atom is 0.230 e. The summed E-state index contributed by atoms with van der Waals surface area (Å²) in [7, 11) is 0. The predicted octanol–water partition coefficient (Wildman–Crippen LogP) is 3.93. The van der Waals surface area contributed by atoms with Crippen molar-refractivity contribution in [3.8, 4) is 0 Å². The van der Waals surface area contributed by atoms with Crippen molar-refractivity contribution in [1.82, 2.24) is 15.3 Å². The number of rotatable bonds is 5. The highest BCUT2D eigenvalue weighted by atomic mass is 35.5. The van der Waals surface area contributed by atoms with Gasteiger partial charge in [-0.2, -0.15) is 0 Å². The summed E-state index contributed by atoms with van der Waals surface area (Å²) in [6.07, 6.45) is 0. The van der Waals surface area contributed by atoms with E-state index < -0.39 is 0 Å². The maximum atomic E-state index is 12.0. The number of H-pyrrole nitrogens is 1. The maximum absolute atomic E-state index is 12.0. The molecule has 0 aliphatic heterocycles. The molecule has 0 unspecified atom stereocenters. The SMILES string of the molecule is Cc1ccc2nc(SCC(=O)NCc3ccccc3Cl)[nH]c2c1. The summed E-state index contributed by atoms with van der Waals surface area (Å²) < 4.78 is 0.